The second-order valence-electron chi connectivity index (χ2n) is 4.52. The highest BCUT2D eigenvalue weighted by atomic mass is 15.0. The zero-order valence-electron chi connectivity index (χ0n) is 8.51. The third-order valence-corrected chi connectivity index (χ3v) is 2.75. The molecule has 1 aliphatic heterocycles. The lowest BCUT2D eigenvalue weighted by Gasteiger charge is -2.34. The van der Waals surface area contributed by atoms with Crippen LogP contribution in [0.15, 0.2) is 0 Å². The summed E-state index contributed by atoms with van der Waals surface area (Å²) < 4.78 is 0. The van der Waals surface area contributed by atoms with Crippen molar-refractivity contribution < 1.29 is 0 Å². The van der Waals surface area contributed by atoms with Crippen molar-refractivity contribution in [3.05, 3.63) is 0 Å². The van der Waals surface area contributed by atoms with E-state index in [0.717, 1.165) is 5.92 Å². The molecule has 3 atom stereocenters. The van der Waals surface area contributed by atoms with E-state index in [2.05, 4.69) is 26.1 Å². The molecule has 0 aliphatic carbocycles. The molecule has 0 aromatic carbocycles. The van der Waals surface area contributed by atoms with Crippen molar-refractivity contribution in [3.8, 4) is 0 Å². The van der Waals surface area contributed by atoms with Gasteiger partial charge in [0.25, 0.3) is 0 Å². The molecule has 1 saturated heterocycles. The van der Waals surface area contributed by atoms with Gasteiger partial charge in [0.2, 0.25) is 0 Å². The van der Waals surface area contributed by atoms with Crippen LogP contribution in [0, 0.1) is 5.92 Å². The van der Waals surface area contributed by atoms with E-state index in [1.807, 2.05) is 0 Å². The Morgan fingerprint density at radius 3 is 2.58 bits per heavy atom. The summed E-state index contributed by atoms with van der Waals surface area (Å²) in [6.45, 7) is 6.75. The molecule has 1 rings (SSSR count). The second kappa shape index (κ2) is 4.24. The fraction of sp³-hybridized carbons (Fsp3) is 1.00. The summed E-state index contributed by atoms with van der Waals surface area (Å²) in [7, 11) is 0. The lowest BCUT2D eigenvalue weighted by atomic mass is 9.90. The van der Waals surface area contributed by atoms with Crippen LogP contribution in [-0.2, 0) is 0 Å². The summed E-state index contributed by atoms with van der Waals surface area (Å²) in [6, 6.07) is 1.58. The van der Waals surface area contributed by atoms with Crippen molar-refractivity contribution in [2.45, 2.75) is 58.2 Å². The predicted molar refractivity (Wildman–Crippen MR) is 53.1 cm³/mol. The van der Waals surface area contributed by atoms with Gasteiger partial charge in [-0.3, -0.25) is 0 Å². The summed E-state index contributed by atoms with van der Waals surface area (Å²) in [6.07, 6.45) is 3.73. The summed E-state index contributed by atoms with van der Waals surface area (Å²) in [5.41, 5.74) is 5.91. The Labute approximate surface area is 75.9 Å². The van der Waals surface area contributed by atoms with E-state index in [1.54, 1.807) is 0 Å². The van der Waals surface area contributed by atoms with E-state index in [1.165, 1.54) is 19.3 Å². The van der Waals surface area contributed by atoms with Crippen molar-refractivity contribution in [1.29, 1.82) is 0 Å². The van der Waals surface area contributed by atoms with Crippen molar-refractivity contribution in [3.63, 3.8) is 0 Å². The van der Waals surface area contributed by atoms with Gasteiger partial charge in [0.05, 0.1) is 0 Å². The molecule has 2 heteroatoms. The Kier molecular flexibility index (Phi) is 3.53. The minimum absolute atomic E-state index is 0.369. The Morgan fingerprint density at radius 1 is 1.42 bits per heavy atom. The molecule has 0 aromatic heterocycles. The quantitative estimate of drug-likeness (QED) is 0.659. The van der Waals surface area contributed by atoms with Crippen LogP contribution in [0.25, 0.3) is 0 Å². The fourth-order valence-corrected chi connectivity index (χ4v) is 1.98. The smallest absolute Gasteiger partial charge is 0.0193 e. The van der Waals surface area contributed by atoms with Crippen LogP contribution in [-0.4, -0.2) is 18.1 Å². The van der Waals surface area contributed by atoms with E-state index in [0.29, 0.717) is 18.1 Å². The fourth-order valence-electron chi connectivity index (χ4n) is 1.98. The van der Waals surface area contributed by atoms with Crippen LogP contribution in [0.2, 0.25) is 0 Å². The van der Waals surface area contributed by atoms with Gasteiger partial charge in [0.15, 0.2) is 0 Å². The van der Waals surface area contributed by atoms with Crippen LogP contribution in [0.5, 0.6) is 0 Å². The first-order valence-corrected chi connectivity index (χ1v) is 5.11. The molecule has 0 amide bonds. The third-order valence-electron chi connectivity index (χ3n) is 2.75. The van der Waals surface area contributed by atoms with Crippen LogP contribution in [0.1, 0.15) is 40.0 Å². The van der Waals surface area contributed by atoms with E-state index < -0.39 is 0 Å². The highest BCUT2D eigenvalue weighted by molar-refractivity contribution is 4.86. The molecular formula is C10H22N2. The molecule has 12 heavy (non-hydrogen) atoms. The summed E-state index contributed by atoms with van der Waals surface area (Å²) in [5, 5.41) is 3.57. The molecule has 1 aliphatic rings. The van der Waals surface area contributed by atoms with Crippen LogP contribution >= 0.6 is 0 Å². The van der Waals surface area contributed by atoms with Gasteiger partial charge in [-0.05, 0) is 32.1 Å². The summed E-state index contributed by atoms with van der Waals surface area (Å²) in [4.78, 5) is 0. The Balaban J connectivity index is 2.30. The molecule has 3 N–H and O–H groups in total. The highest BCUT2D eigenvalue weighted by Crippen LogP contribution is 2.17. The molecular weight excluding hydrogens is 148 g/mol. The Hall–Kier alpha value is -0.0800. The van der Waals surface area contributed by atoms with Gasteiger partial charge in [0, 0.05) is 18.1 Å². The molecule has 1 heterocycles. The van der Waals surface area contributed by atoms with Gasteiger partial charge in [-0.2, -0.15) is 0 Å². The Morgan fingerprint density at radius 2 is 2.08 bits per heavy atom. The average Bonchev–Trinajstić information content (AvgIpc) is 1.96. The standard InChI is InChI=1S/C10H22N2/c1-7(2)6-9-4-5-10(11)8(3)12-9/h7-10,12H,4-6,11H2,1-3H3. The first-order chi connectivity index (χ1) is 5.59. The van der Waals surface area contributed by atoms with Gasteiger partial charge < -0.3 is 11.1 Å². The molecule has 1 fully saturated rings. The average molecular weight is 170 g/mol. The SMILES string of the molecule is CC(C)CC1CCC(N)C(C)N1. The minimum Gasteiger partial charge on any atom is -0.326 e. The van der Waals surface area contributed by atoms with Crippen LogP contribution in [0.3, 0.4) is 0 Å². The van der Waals surface area contributed by atoms with Gasteiger partial charge in [0.1, 0.15) is 0 Å². The van der Waals surface area contributed by atoms with E-state index in [9.17, 15) is 0 Å². The lowest BCUT2D eigenvalue weighted by Crippen LogP contribution is -2.52. The largest absolute Gasteiger partial charge is 0.326 e. The maximum atomic E-state index is 5.91. The van der Waals surface area contributed by atoms with Crippen molar-refractivity contribution in [2.24, 2.45) is 11.7 Å². The molecule has 0 spiro atoms. The van der Waals surface area contributed by atoms with Crippen molar-refractivity contribution in [1.82, 2.24) is 5.32 Å². The number of piperidine rings is 1. The first-order valence-electron chi connectivity index (χ1n) is 5.11. The number of nitrogens with two attached hydrogens (primary N) is 1. The van der Waals surface area contributed by atoms with Gasteiger partial charge >= 0.3 is 0 Å². The molecule has 3 unspecified atom stereocenters. The normalized spacial score (nSPS) is 37.2. The zero-order valence-corrected chi connectivity index (χ0v) is 8.51. The van der Waals surface area contributed by atoms with Gasteiger partial charge in [-0.1, -0.05) is 13.8 Å². The molecule has 2 nitrogen and oxygen atoms in total. The molecule has 0 aromatic rings. The molecule has 0 radical (unpaired) electrons. The second-order valence-corrected chi connectivity index (χ2v) is 4.52. The Bertz CT molecular complexity index is 134. The monoisotopic (exact) mass is 170 g/mol. The number of rotatable bonds is 2. The molecule has 0 bridgehead atoms. The van der Waals surface area contributed by atoms with Gasteiger partial charge in [-0.25, -0.2) is 0 Å². The van der Waals surface area contributed by atoms with E-state index >= 15 is 0 Å². The zero-order chi connectivity index (χ0) is 9.14. The third kappa shape index (κ3) is 2.76. The summed E-state index contributed by atoms with van der Waals surface area (Å²) >= 11 is 0. The van der Waals surface area contributed by atoms with Crippen molar-refractivity contribution in [2.75, 3.05) is 0 Å². The van der Waals surface area contributed by atoms with Crippen molar-refractivity contribution >= 4 is 0 Å². The van der Waals surface area contributed by atoms with Gasteiger partial charge in [-0.15, -0.1) is 0 Å². The first kappa shape index (κ1) is 10.0. The van der Waals surface area contributed by atoms with E-state index in [-0.39, 0.29) is 0 Å². The summed E-state index contributed by atoms with van der Waals surface area (Å²) in [5.74, 6) is 0.795. The molecule has 0 saturated carbocycles. The highest BCUT2D eigenvalue weighted by Gasteiger charge is 2.23. The number of hydrogen-bond acceptors (Lipinski definition) is 2. The maximum absolute atomic E-state index is 5.91. The lowest BCUT2D eigenvalue weighted by molar-refractivity contribution is 0.270. The number of hydrogen-bond donors (Lipinski definition) is 2. The number of nitrogens with one attached hydrogen (secondary N) is 1. The maximum Gasteiger partial charge on any atom is 0.0193 e. The van der Waals surface area contributed by atoms with E-state index in [4.69, 9.17) is 5.73 Å². The topological polar surface area (TPSA) is 38.0 Å². The minimum atomic E-state index is 0.369. The predicted octanol–water partition coefficient (Wildman–Crippen LogP) is 1.50. The van der Waals surface area contributed by atoms with Crippen LogP contribution < -0.4 is 11.1 Å². The van der Waals surface area contributed by atoms with Crippen LogP contribution in [0.4, 0.5) is 0 Å². The molecule has 72 valence electrons.